The molecule has 6 nitrogen and oxygen atoms in total. The molecule has 0 radical (unpaired) electrons. The maximum Gasteiger partial charge on any atom is 0.191 e. The minimum atomic E-state index is 0. The van der Waals surface area contributed by atoms with Gasteiger partial charge < -0.3 is 15.2 Å². The summed E-state index contributed by atoms with van der Waals surface area (Å²) in [6.07, 6.45) is 6.62. The molecule has 0 saturated carbocycles. The van der Waals surface area contributed by atoms with E-state index in [0.29, 0.717) is 0 Å². The van der Waals surface area contributed by atoms with Gasteiger partial charge >= 0.3 is 0 Å². The molecule has 1 aromatic carbocycles. The zero-order valence-corrected chi connectivity index (χ0v) is 20.3. The Morgan fingerprint density at radius 2 is 1.83 bits per heavy atom. The van der Waals surface area contributed by atoms with Crippen molar-refractivity contribution in [2.45, 2.75) is 65.8 Å². The van der Waals surface area contributed by atoms with Crippen molar-refractivity contribution in [3.63, 3.8) is 0 Å². The second kappa shape index (κ2) is 12.1. The third-order valence-corrected chi connectivity index (χ3v) is 5.12. The van der Waals surface area contributed by atoms with Crippen LogP contribution in [0, 0.1) is 13.8 Å². The molecule has 3 rings (SSSR count). The number of guanidine groups is 1. The number of hydrogen-bond donors (Lipinski definition) is 2. The van der Waals surface area contributed by atoms with Crippen LogP contribution in [0.15, 0.2) is 23.2 Å². The maximum absolute atomic E-state index is 4.74. The number of nitrogens with one attached hydrogen (secondary N) is 2. The molecule has 0 spiro atoms. The molecular weight excluding hydrogens is 475 g/mol. The summed E-state index contributed by atoms with van der Waals surface area (Å²) in [5.41, 5.74) is 4.01. The van der Waals surface area contributed by atoms with Crippen LogP contribution in [0.2, 0.25) is 0 Å². The number of nitrogens with zero attached hydrogens (tertiary/aromatic N) is 4. The lowest BCUT2D eigenvalue weighted by atomic mass is 10.1. The Morgan fingerprint density at radius 3 is 2.59 bits per heavy atom. The van der Waals surface area contributed by atoms with Gasteiger partial charge in [0.25, 0.3) is 0 Å². The van der Waals surface area contributed by atoms with Crippen LogP contribution in [0.1, 0.15) is 54.5 Å². The van der Waals surface area contributed by atoms with Gasteiger partial charge in [-0.15, -0.1) is 34.2 Å². The Morgan fingerprint density at radius 1 is 1.03 bits per heavy atom. The lowest BCUT2D eigenvalue weighted by Gasteiger charge is -2.12. The highest BCUT2D eigenvalue weighted by molar-refractivity contribution is 14.0. The van der Waals surface area contributed by atoms with Gasteiger partial charge in [-0.1, -0.05) is 35.7 Å². The van der Waals surface area contributed by atoms with Crippen LogP contribution in [0.5, 0.6) is 0 Å². The molecule has 160 valence electrons. The van der Waals surface area contributed by atoms with E-state index >= 15 is 0 Å². The van der Waals surface area contributed by atoms with Crippen LogP contribution >= 0.6 is 24.0 Å². The molecule has 1 aromatic heterocycles. The number of aromatic nitrogens is 3. The van der Waals surface area contributed by atoms with E-state index in [9.17, 15) is 0 Å². The van der Waals surface area contributed by atoms with Crippen LogP contribution in [0.25, 0.3) is 0 Å². The van der Waals surface area contributed by atoms with E-state index in [1.165, 1.54) is 36.0 Å². The number of rotatable bonds is 7. The Labute approximate surface area is 192 Å². The van der Waals surface area contributed by atoms with E-state index in [1.54, 1.807) is 0 Å². The van der Waals surface area contributed by atoms with Crippen LogP contribution in [-0.4, -0.2) is 40.4 Å². The van der Waals surface area contributed by atoms with Crippen molar-refractivity contribution < 1.29 is 0 Å². The molecule has 0 saturated heterocycles. The van der Waals surface area contributed by atoms with Crippen molar-refractivity contribution in [3.05, 3.63) is 46.5 Å². The van der Waals surface area contributed by atoms with Crippen molar-refractivity contribution >= 4 is 29.9 Å². The number of halogens is 1. The second-order valence-corrected chi connectivity index (χ2v) is 7.68. The summed E-state index contributed by atoms with van der Waals surface area (Å²) in [6, 6.07) is 6.74. The van der Waals surface area contributed by atoms with E-state index in [4.69, 9.17) is 4.99 Å². The summed E-state index contributed by atoms with van der Waals surface area (Å²) < 4.78 is 2.31. The van der Waals surface area contributed by atoms with Crippen LogP contribution < -0.4 is 10.6 Å². The van der Waals surface area contributed by atoms with E-state index < -0.39 is 0 Å². The molecule has 0 aliphatic carbocycles. The average Bonchev–Trinajstić information content (AvgIpc) is 2.87. The predicted molar refractivity (Wildman–Crippen MR) is 130 cm³/mol. The predicted octanol–water partition coefficient (Wildman–Crippen LogP) is 3.58. The van der Waals surface area contributed by atoms with Gasteiger partial charge in [0, 0.05) is 39.0 Å². The fourth-order valence-electron chi connectivity index (χ4n) is 3.88. The van der Waals surface area contributed by atoms with Crippen molar-refractivity contribution in [1.82, 2.24) is 25.4 Å². The van der Waals surface area contributed by atoms with Gasteiger partial charge in [0.15, 0.2) is 5.96 Å². The number of aryl methyl sites for hydroxylation is 3. The summed E-state index contributed by atoms with van der Waals surface area (Å²) in [5.74, 6) is 3.10. The Bertz CT molecular complexity index is 778. The first kappa shape index (κ1) is 23.6. The standard InChI is InChI=1S/C22H34N6.HI/c1-4-23-22(24-11-9-19-15-17(2)14-18(3)16-19)25-12-10-21-27-26-20-8-6-5-7-13-28(20)21;/h14-16H,4-13H2,1-3H3,(H2,23,24,25);1H. The molecule has 1 aliphatic heterocycles. The van der Waals surface area contributed by atoms with E-state index in [0.717, 1.165) is 63.0 Å². The van der Waals surface area contributed by atoms with E-state index in [1.807, 2.05) is 0 Å². The van der Waals surface area contributed by atoms with Gasteiger partial charge in [-0.2, -0.15) is 0 Å². The smallest absolute Gasteiger partial charge is 0.191 e. The highest BCUT2D eigenvalue weighted by atomic mass is 127. The molecule has 2 N–H and O–H groups in total. The van der Waals surface area contributed by atoms with Crippen molar-refractivity contribution in [1.29, 1.82) is 0 Å². The highest BCUT2D eigenvalue weighted by Crippen LogP contribution is 2.14. The van der Waals surface area contributed by atoms with Gasteiger partial charge in [0.1, 0.15) is 11.6 Å². The first-order valence-corrected chi connectivity index (χ1v) is 10.7. The number of aliphatic imine (C=N–C) groups is 1. The van der Waals surface area contributed by atoms with Crippen molar-refractivity contribution in [2.75, 3.05) is 19.6 Å². The molecule has 2 heterocycles. The van der Waals surface area contributed by atoms with Crippen LogP contribution in [-0.2, 0) is 25.8 Å². The lowest BCUT2D eigenvalue weighted by molar-refractivity contribution is 0.604. The summed E-state index contributed by atoms with van der Waals surface area (Å²) in [6.45, 7) is 9.90. The van der Waals surface area contributed by atoms with Crippen LogP contribution in [0.4, 0.5) is 0 Å². The maximum atomic E-state index is 4.74. The van der Waals surface area contributed by atoms with Gasteiger partial charge in [-0.05, 0) is 45.6 Å². The summed E-state index contributed by atoms with van der Waals surface area (Å²) in [7, 11) is 0. The summed E-state index contributed by atoms with van der Waals surface area (Å²) in [4.78, 5) is 4.74. The molecule has 7 heteroatoms. The Hall–Kier alpha value is -1.64. The summed E-state index contributed by atoms with van der Waals surface area (Å²) >= 11 is 0. The Kier molecular flexibility index (Phi) is 9.90. The molecule has 0 atom stereocenters. The third-order valence-electron chi connectivity index (χ3n) is 5.12. The zero-order valence-electron chi connectivity index (χ0n) is 18.0. The minimum absolute atomic E-state index is 0. The average molecular weight is 510 g/mol. The quantitative estimate of drug-likeness (QED) is 0.340. The fraction of sp³-hybridized carbons (Fsp3) is 0.591. The monoisotopic (exact) mass is 510 g/mol. The van der Waals surface area contributed by atoms with Crippen molar-refractivity contribution in [3.8, 4) is 0 Å². The van der Waals surface area contributed by atoms with Crippen LogP contribution in [0.3, 0.4) is 0 Å². The van der Waals surface area contributed by atoms with Gasteiger partial charge in [0.05, 0.1) is 0 Å². The highest BCUT2D eigenvalue weighted by Gasteiger charge is 2.14. The Balaban J connectivity index is 0.00000300. The third kappa shape index (κ3) is 7.28. The molecule has 0 unspecified atom stereocenters. The largest absolute Gasteiger partial charge is 0.357 e. The second-order valence-electron chi connectivity index (χ2n) is 7.68. The van der Waals surface area contributed by atoms with E-state index in [2.05, 4.69) is 64.4 Å². The first-order valence-electron chi connectivity index (χ1n) is 10.7. The normalized spacial score (nSPS) is 14.0. The van der Waals surface area contributed by atoms with Crippen molar-refractivity contribution in [2.24, 2.45) is 4.99 Å². The number of benzene rings is 1. The topological polar surface area (TPSA) is 67.1 Å². The van der Waals surface area contributed by atoms with Gasteiger partial charge in [-0.3, -0.25) is 4.99 Å². The molecule has 0 bridgehead atoms. The lowest BCUT2D eigenvalue weighted by Crippen LogP contribution is -2.38. The molecule has 29 heavy (non-hydrogen) atoms. The van der Waals surface area contributed by atoms with E-state index in [-0.39, 0.29) is 24.0 Å². The minimum Gasteiger partial charge on any atom is -0.357 e. The molecular formula is C22H35IN6. The molecule has 2 aromatic rings. The molecule has 0 fully saturated rings. The fourth-order valence-corrected chi connectivity index (χ4v) is 3.88. The molecule has 1 aliphatic rings. The number of fused-ring (bicyclic) bond motifs is 1. The molecule has 0 amide bonds. The van der Waals surface area contributed by atoms with Gasteiger partial charge in [0.2, 0.25) is 0 Å². The van der Waals surface area contributed by atoms with Gasteiger partial charge in [-0.25, -0.2) is 0 Å². The number of hydrogen-bond acceptors (Lipinski definition) is 3. The zero-order chi connectivity index (χ0) is 19.8. The first-order chi connectivity index (χ1) is 13.7. The summed E-state index contributed by atoms with van der Waals surface area (Å²) in [5, 5.41) is 15.6. The SMILES string of the molecule is CCNC(=NCCc1nnc2n1CCCCC2)NCCc1cc(C)cc(C)c1.I.